The van der Waals surface area contributed by atoms with Crippen LogP contribution in [-0.4, -0.2) is 29.0 Å². The van der Waals surface area contributed by atoms with Gasteiger partial charge in [-0.2, -0.15) is 0 Å². The van der Waals surface area contributed by atoms with Crippen molar-refractivity contribution in [2.45, 2.75) is 40.5 Å². The highest BCUT2D eigenvalue weighted by atomic mass is 16.1. The molecule has 17 heavy (non-hydrogen) atoms. The molecule has 1 aromatic rings. The first-order chi connectivity index (χ1) is 8.20. The smallest absolute Gasteiger partial charge is 0.220 e. The molecule has 1 heterocycles. The summed E-state index contributed by atoms with van der Waals surface area (Å²) in [6.45, 7) is 9.17. The van der Waals surface area contributed by atoms with Crippen LogP contribution >= 0.6 is 0 Å². The van der Waals surface area contributed by atoms with E-state index in [9.17, 15) is 4.79 Å². The maximum Gasteiger partial charge on any atom is 0.220 e. The standard InChI is InChI=1S/C6H14N2O.C4H6N2.C2H6/c1-2-8-6(9)4-3-5-7;1-4-2-5-3-6-4;1-2/h2-5,7H2,1H3,(H,8,9);2-3H,1H3,(H,5,6);1-2H3. The van der Waals surface area contributed by atoms with E-state index in [-0.39, 0.29) is 5.91 Å². The van der Waals surface area contributed by atoms with Gasteiger partial charge in [0.25, 0.3) is 0 Å². The minimum absolute atomic E-state index is 0.1000. The third kappa shape index (κ3) is 14.6. The van der Waals surface area contributed by atoms with Crippen LogP contribution in [0.4, 0.5) is 0 Å². The summed E-state index contributed by atoms with van der Waals surface area (Å²) in [6.07, 6.45) is 4.78. The summed E-state index contributed by atoms with van der Waals surface area (Å²) in [4.78, 5) is 17.3. The average Bonchev–Trinajstić information content (AvgIpc) is 2.81. The highest BCUT2D eigenvalue weighted by molar-refractivity contribution is 5.75. The van der Waals surface area contributed by atoms with Crippen LogP contribution in [0, 0.1) is 6.92 Å². The summed E-state index contributed by atoms with van der Waals surface area (Å²) >= 11 is 0. The zero-order valence-corrected chi connectivity index (χ0v) is 11.4. The molecule has 0 aromatic carbocycles. The molecular formula is C12H26N4O. The number of aromatic nitrogens is 2. The number of nitrogens with two attached hydrogens (primary N) is 1. The lowest BCUT2D eigenvalue weighted by molar-refractivity contribution is -0.121. The molecule has 0 unspecified atom stereocenters. The summed E-state index contributed by atoms with van der Waals surface area (Å²) < 4.78 is 0. The van der Waals surface area contributed by atoms with Crippen LogP contribution < -0.4 is 11.1 Å². The van der Waals surface area contributed by atoms with Crippen molar-refractivity contribution >= 4 is 5.91 Å². The van der Waals surface area contributed by atoms with E-state index in [4.69, 9.17) is 5.73 Å². The van der Waals surface area contributed by atoms with Crippen LogP contribution in [0.3, 0.4) is 0 Å². The minimum atomic E-state index is 0.1000. The van der Waals surface area contributed by atoms with Crippen LogP contribution in [0.5, 0.6) is 0 Å². The number of aromatic amines is 1. The van der Waals surface area contributed by atoms with Gasteiger partial charge in [-0.3, -0.25) is 4.79 Å². The van der Waals surface area contributed by atoms with Crippen molar-refractivity contribution in [3.63, 3.8) is 0 Å². The average molecular weight is 242 g/mol. The van der Waals surface area contributed by atoms with E-state index >= 15 is 0 Å². The molecule has 0 aliphatic rings. The topological polar surface area (TPSA) is 83.8 Å². The molecule has 4 N–H and O–H groups in total. The van der Waals surface area contributed by atoms with Gasteiger partial charge < -0.3 is 16.0 Å². The van der Waals surface area contributed by atoms with Crippen LogP contribution in [0.15, 0.2) is 12.5 Å². The SMILES string of the molecule is CC.CCNC(=O)CCCN.Cc1cnc[nH]1. The molecule has 0 spiro atoms. The van der Waals surface area contributed by atoms with E-state index in [1.807, 2.05) is 27.7 Å². The lowest BCUT2D eigenvalue weighted by Gasteiger charge is -1.98. The molecular weight excluding hydrogens is 216 g/mol. The van der Waals surface area contributed by atoms with Crippen molar-refractivity contribution in [1.29, 1.82) is 0 Å². The van der Waals surface area contributed by atoms with E-state index in [0.29, 0.717) is 19.5 Å². The van der Waals surface area contributed by atoms with Gasteiger partial charge in [0.15, 0.2) is 0 Å². The molecule has 0 radical (unpaired) electrons. The summed E-state index contributed by atoms with van der Waals surface area (Å²) in [6, 6.07) is 0. The van der Waals surface area contributed by atoms with Gasteiger partial charge in [0.1, 0.15) is 0 Å². The number of carbonyl (C=O) groups is 1. The zero-order chi connectivity index (χ0) is 13.5. The first kappa shape index (κ1) is 18.0. The molecule has 0 bridgehead atoms. The van der Waals surface area contributed by atoms with Gasteiger partial charge in [-0.1, -0.05) is 13.8 Å². The fourth-order valence-electron chi connectivity index (χ4n) is 0.874. The molecule has 0 fully saturated rings. The summed E-state index contributed by atoms with van der Waals surface area (Å²) in [5, 5.41) is 2.69. The normalized spacial score (nSPS) is 8.29. The van der Waals surface area contributed by atoms with Crippen molar-refractivity contribution in [2.24, 2.45) is 5.73 Å². The Bertz CT molecular complexity index is 247. The number of nitrogens with zero attached hydrogens (tertiary/aromatic N) is 1. The number of H-pyrrole nitrogens is 1. The van der Waals surface area contributed by atoms with Crippen molar-refractivity contribution in [3.8, 4) is 0 Å². The molecule has 100 valence electrons. The number of amides is 1. The number of rotatable bonds is 4. The molecule has 0 saturated carbocycles. The zero-order valence-electron chi connectivity index (χ0n) is 11.4. The van der Waals surface area contributed by atoms with Crippen LogP contribution in [0.25, 0.3) is 0 Å². The Labute approximate surface area is 104 Å². The highest BCUT2D eigenvalue weighted by Crippen LogP contribution is 1.83. The summed E-state index contributed by atoms with van der Waals surface area (Å²) in [5.41, 5.74) is 6.30. The van der Waals surface area contributed by atoms with Gasteiger partial charge in [0, 0.05) is 24.9 Å². The van der Waals surface area contributed by atoms with Crippen LogP contribution in [0.1, 0.15) is 39.3 Å². The fraction of sp³-hybridized carbons (Fsp3) is 0.667. The van der Waals surface area contributed by atoms with Crippen molar-refractivity contribution in [2.75, 3.05) is 13.1 Å². The second-order valence-electron chi connectivity index (χ2n) is 3.08. The Balaban J connectivity index is 0. The third-order valence-corrected chi connectivity index (χ3v) is 1.62. The fourth-order valence-corrected chi connectivity index (χ4v) is 0.874. The molecule has 1 amide bonds. The molecule has 0 saturated heterocycles. The first-order valence-electron chi connectivity index (χ1n) is 6.12. The quantitative estimate of drug-likeness (QED) is 0.750. The number of hydrogen-bond donors (Lipinski definition) is 3. The van der Waals surface area contributed by atoms with Crippen molar-refractivity contribution in [1.82, 2.24) is 15.3 Å². The summed E-state index contributed by atoms with van der Waals surface area (Å²) in [7, 11) is 0. The van der Waals surface area contributed by atoms with Gasteiger partial charge in [-0.25, -0.2) is 4.98 Å². The molecule has 0 aliphatic heterocycles. The number of carbonyl (C=O) groups excluding carboxylic acids is 1. The second-order valence-corrected chi connectivity index (χ2v) is 3.08. The van der Waals surface area contributed by atoms with E-state index in [1.165, 1.54) is 0 Å². The molecule has 0 atom stereocenters. The maximum absolute atomic E-state index is 10.6. The number of aryl methyl sites for hydroxylation is 1. The maximum atomic E-state index is 10.6. The van der Waals surface area contributed by atoms with Gasteiger partial charge in [0.2, 0.25) is 5.91 Å². The monoisotopic (exact) mass is 242 g/mol. The van der Waals surface area contributed by atoms with Gasteiger partial charge >= 0.3 is 0 Å². The number of hydrogen-bond acceptors (Lipinski definition) is 3. The van der Waals surface area contributed by atoms with E-state index < -0.39 is 0 Å². The van der Waals surface area contributed by atoms with E-state index in [0.717, 1.165) is 12.1 Å². The largest absolute Gasteiger partial charge is 0.356 e. The third-order valence-electron chi connectivity index (χ3n) is 1.62. The minimum Gasteiger partial charge on any atom is -0.356 e. The predicted octanol–water partition coefficient (Wildman–Crippen LogP) is 1.61. The lowest BCUT2D eigenvalue weighted by Crippen LogP contribution is -2.22. The lowest BCUT2D eigenvalue weighted by atomic mass is 10.3. The number of nitrogens with one attached hydrogen (secondary N) is 2. The highest BCUT2D eigenvalue weighted by Gasteiger charge is 1.95. The van der Waals surface area contributed by atoms with Gasteiger partial charge in [0.05, 0.1) is 6.33 Å². The molecule has 5 heteroatoms. The Hall–Kier alpha value is -1.36. The molecule has 1 rings (SSSR count). The summed E-state index contributed by atoms with van der Waals surface area (Å²) in [5.74, 6) is 0.1000. The second kappa shape index (κ2) is 14.6. The Morgan fingerprint density at radius 2 is 2.18 bits per heavy atom. The first-order valence-corrected chi connectivity index (χ1v) is 6.12. The van der Waals surface area contributed by atoms with E-state index in [2.05, 4.69) is 15.3 Å². The van der Waals surface area contributed by atoms with Crippen molar-refractivity contribution in [3.05, 3.63) is 18.2 Å². The molecule has 0 aliphatic carbocycles. The Kier molecular flexibility index (Phi) is 15.5. The van der Waals surface area contributed by atoms with Crippen LogP contribution in [-0.2, 0) is 4.79 Å². The van der Waals surface area contributed by atoms with Gasteiger partial charge in [-0.15, -0.1) is 0 Å². The Morgan fingerprint density at radius 3 is 2.47 bits per heavy atom. The molecule has 1 aromatic heterocycles. The molecule has 5 nitrogen and oxygen atoms in total. The van der Waals surface area contributed by atoms with Crippen LogP contribution in [0.2, 0.25) is 0 Å². The predicted molar refractivity (Wildman–Crippen MR) is 71.6 cm³/mol. The van der Waals surface area contributed by atoms with E-state index in [1.54, 1.807) is 12.5 Å². The van der Waals surface area contributed by atoms with Gasteiger partial charge in [-0.05, 0) is 26.8 Å². The number of imidazole rings is 1. The Morgan fingerprint density at radius 1 is 1.53 bits per heavy atom. The van der Waals surface area contributed by atoms with Crippen molar-refractivity contribution < 1.29 is 4.79 Å².